The monoisotopic (exact) mass is 363 g/mol. The van der Waals surface area contributed by atoms with Gasteiger partial charge in [0.15, 0.2) is 11.6 Å². The molecular formula is C14H10ClN5O3S. The van der Waals surface area contributed by atoms with Crippen LogP contribution in [0.3, 0.4) is 0 Å². The molecule has 0 saturated carbocycles. The van der Waals surface area contributed by atoms with E-state index in [1.54, 1.807) is 22.9 Å². The Morgan fingerprint density at radius 2 is 2.00 bits per heavy atom. The Bertz CT molecular complexity index is 919. The van der Waals surface area contributed by atoms with Gasteiger partial charge in [-0.1, -0.05) is 23.4 Å². The predicted molar refractivity (Wildman–Crippen MR) is 87.6 cm³/mol. The van der Waals surface area contributed by atoms with Crippen LogP contribution in [-0.2, 0) is 0 Å². The van der Waals surface area contributed by atoms with Crippen LogP contribution in [0.1, 0.15) is 5.76 Å². The normalized spacial score (nSPS) is 15.0. The summed E-state index contributed by atoms with van der Waals surface area (Å²) < 4.78 is 6.94. The van der Waals surface area contributed by atoms with Crippen LogP contribution >= 0.6 is 23.4 Å². The van der Waals surface area contributed by atoms with Crippen molar-refractivity contribution in [3.63, 3.8) is 0 Å². The molecule has 4 rings (SSSR count). The molecule has 0 amide bonds. The minimum absolute atomic E-state index is 0.120. The molecule has 1 aliphatic heterocycles. The number of nitrogens with zero attached hydrogens (tertiary/aromatic N) is 4. The number of thioether (sulfide) groups is 1. The Morgan fingerprint density at radius 1 is 1.21 bits per heavy atom. The van der Waals surface area contributed by atoms with Crippen molar-refractivity contribution < 1.29 is 14.9 Å². The lowest BCUT2D eigenvalue weighted by Crippen LogP contribution is -2.99. The van der Waals surface area contributed by atoms with Gasteiger partial charge in [0.25, 0.3) is 0 Å². The standard InChI is InChI=1S/C14H10ClN5O3S/c15-9-3-1-8(2-4-9)13-16-17-14-19(13)18-10(7-24-14)11-5-6-12(23-11)20(21)22/h1-6,20-21H,7H2. The lowest BCUT2D eigenvalue weighted by atomic mass is 10.2. The molecule has 3 heterocycles. The maximum atomic E-state index is 10.9. The summed E-state index contributed by atoms with van der Waals surface area (Å²) in [4.78, 5) is 0. The fourth-order valence-corrected chi connectivity index (χ4v) is 3.18. The van der Waals surface area contributed by atoms with Crippen LogP contribution in [0.2, 0.25) is 5.02 Å². The average molecular weight is 364 g/mol. The number of aromatic nitrogens is 3. The third-order valence-corrected chi connectivity index (χ3v) is 4.56. The van der Waals surface area contributed by atoms with Gasteiger partial charge in [-0.3, -0.25) is 0 Å². The fourth-order valence-electron chi connectivity index (χ4n) is 2.24. The van der Waals surface area contributed by atoms with E-state index in [1.165, 1.54) is 17.8 Å². The summed E-state index contributed by atoms with van der Waals surface area (Å²) in [6.45, 7) is 0. The third-order valence-electron chi connectivity index (χ3n) is 3.37. The van der Waals surface area contributed by atoms with Crippen LogP contribution in [-0.4, -0.2) is 31.5 Å². The number of furan rings is 1. The molecule has 8 nitrogen and oxygen atoms in total. The number of nitrogens with one attached hydrogen (secondary N) is 1. The van der Waals surface area contributed by atoms with Crippen LogP contribution in [0.4, 0.5) is 5.88 Å². The van der Waals surface area contributed by atoms with Crippen molar-refractivity contribution >= 4 is 35.0 Å². The van der Waals surface area contributed by atoms with Crippen molar-refractivity contribution in [1.82, 2.24) is 14.9 Å². The van der Waals surface area contributed by atoms with Gasteiger partial charge in [0.05, 0.1) is 0 Å². The molecule has 1 aromatic carbocycles. The van der Waals surface area contributed by atoms with Gasteiger partial charge >= 0.3 is 5.88 Å². The lowest BCUT2D eigenvalue weighted by molar-refractivity contribution is -0.997. The van der Waals surface area contributed by atoms with Crippen molar-refractivity contribution in [3.8, 4) is 11.4 Å². The van der Waals surface area contributed by atoms with E-state index in [2.05, 4.69) is 15.3 Å². The molecule has 10 heteroatoms. The highest BCUT2D eigenvalue weighted by molar-refractivity contribution is 7.99. The van der Waals surface area contributed by atoms with E-state index in [4.69, 9.17) is 21.2 Å². The van der Waals surface area contributed by atoms with E-state index >= 15 is 0 Å². The van der Waals surface area contributed by atoms with E-state index in [0.717, 1.165) is 5.56 Å². The molecule has 3 aromatic rings. The second-order valence-electron chi connectivity index (χ2n) is 4.93. The molecule has 122 valence electrons. The molecular weight excluding hydrogens is 354 g/mol. The van der Waals surface area contributed by atoms with Crippen LogP contribution in [0.5, 0.6) is 0 Å². The first-order valence-corrected chi connectivity index (χ1v) is 8.23. The molecule has 0 saturated heterocycles. The predicted octanol–water partition coefficient (Wildman–Crippen LogP) is 1.95. The fraction of sp³-hybridized carbons (Fsp3) is 0.0714. The Kier molecular flexibility index (Phi) is 3.87. The molecule has 0 radical (unpaired) electrons. The molecule has 1 unspecified atom stereocenters. The number of hydrogen-bond donors (Lipinski definition) is 2. The van der Waals surface area contributed by atoms with Crippen LogP contribution in [0.25, 0.3) is 11.4 Å². The lowest BCUT2D eigenvalue weighted by Gasteiger charge is -2.12. The van der Waals surface area contributed by atoms with Crippen molar-refractivity contribution in [2.75, 3.05) is 5.75 Å². The minimum Gasteiger partial charge on any atom is -0.592 e. The molecule has 0 bridgehead atoms. The zero-order chi connectivity index (χ0) is 16.7. The van der Waals surface area contributed by atoms with Gasteiger partial charge in [-0.2, -0.15) is 15.0 Å². The zero-order valence-corrected chi connectivity index (χ0v) is 13.6. The van der Waals surface area contributed by atoms with E-state index in [9.17, 15) is 5.21 Å². The molecule has 2 aromatic heterocycles. The highest BCUT2D eigenvalue weighted by Crippen LogP contribution is 2.29. The summed E-state index contributed by atoms with van der Waals surface area (Å²) in [7, 11) is 0. The Hall–Kier alpha value is -2.17. The second kappa shape index (κ2) is 6.04. The highest BCUT2D eigenvalue weighted by atomic mass is 35.5. The molecule has 24 heavy (non-hydrogen) atoms. The first-order valence-electron chi connectivity index (χ1n) is 6.87. The van der Waals surface area contributed by atoms with Gasteiger partial charge in [-0.05, 0) is 30.3 Å². The van der Waals surface area contributed by atoms with Crippen LogP contribution in [0, 0.1) is 5.21 Å². The maximum absolute atomic E-state index is 10.9. The molecule has 1 atom stereocenters. The number of rotatable bonds is 3. The summed E-state index contributed by atoms with van der Waals surface area (Å²) in [5.74, 6) is 1.40. The number of hydrogen-bond acceptors (Lipinski definition) is 7. The molecule has 0 fully saturated rings. The maximum Gasteiger partial charge on any atom is 0.328 e. The first kappa shape index (κ1) is 15.4. The summed E-state index contributed by atoms with van der Waals surface area (Å²) in [5, 5.41) is 32.9. The topological polar surface area (TPSA) is 104 Å². The Balaban J connectivity index is 1.74. The molecule has 1 aliphatic rings. The van der Waals surface area contributed by atoms with E-state index < -0.39 is 5.23 Å². The van der Waals surface area contributed by atoms with Gasteiger partial charge in [-0.15, -0.1) is 10.2 Å². The van der Waals surface area contributed by atoms with Gasteiger partial charge < -0.3 is 9.62 Å². The van der Waals surface area contributed by atoms with Gasteiger partial charge in [0.1, 0.15) is 5.71 Å². The second-order valence-corrected chi connectivity index (χ2v) is 6.31. The average Bonchev–Trinajstić information content (AvgIpc) is 3.22. The van der Waals surface area contributed by atoms with Crippen molar-refractivity contribution in [2.24, 2.45) is 5.10 Å². The number of benzene rings is 1. The number of fused-ring (bicyclic) bond motifs is 1. The Labute approximate surface area is 144 Å². The first-order chi connectivity index (χ1) is 11.6. The smallest absolute Gasteiger partial charge is 0.328 e. The van der Waals surface area contributed by atoms with Gasteiger partial charge in [0.2, 0.25) is 5.16 Å². The summed E-state index contributed by atoms with van der Waals surface area (Å²) in [5.41, 5.74) is 1.45. The van der Waals surface area contributed by atoms with Crippen LogP contribution < -0.4 is 5.23 Å². The highest BCUT2D eigenvalue weighted by Gasteiger charge is 2.23. The van der Waals surface area contributed by atoms with Crippen molar-refractivity contribution in [1.29, 1.82) is 0 Å². The SMILES string of the molecule is [O-][NH+](O)c1ccc(C2=Nn3c(nnc3-c3ccc(Cl)cc3)SC2)o1. The minimum atomic E-state index is -1.11. The summed E-state index contributed by atoms with van der Waals surface area (Å²) >= 11 is 7.37. The van der Waals surface area contributed by atoms with Crippen LogP contribution in [0.15, 0.2) is 51.1 Å². The molecule has 0 aliphatic carbocycles. The van der Waals surface area contributed by atoms with E-state index in [0.29, 0.717) is 33.2 Å². The van der Waals surface area contributed by atoms with E-state index in [-0.39, 0.29) is 5.88 Å². The summed E-state index contributed by atoms with van der Waals surface area (Å²) in [6, 6.07) is 10.2. The number of quaternary nitrogens is 1. The van der Waals surface area contributed by atoms with E-state index in [1.807, 2.05) is 12.1 Å². The summed E-state index contributed by atoms with van der Waals surface area (Å²) in [6.07, 6.45) is 0. The largest absolute Gasteiger partial charge is 0.592 e. The van der Waals surface area contributed by atoms with Crippen molar-refractivity contribution in [2.45, 2.75) is 5.16 Å². The molecule has 2 N–H and O–H groups in total. The van der Waals surface area contributed by atoms with Gasteiger partial charge in [0, 0.05) is 22.4 Å². The zero-order valence-electron chi connectivity index (χ0n) is 12.0. The number of halogens is 1. The molecule has 0 spiro atoms. The van der Waals surface area contributed by atoms with Gasteiger partial charge in [-0.25, -0.2) is 5.21 Å². The van der Waals surface area contributed by atoms with Crippen molar-refractivity contribution in [3.05, 3.63) is 52.4 Å². The third kappa shape index (κ3) is 2.72. The Morgan fingerprint density at radius 3 is 2.71 bits per heavy atom. The quantitative estimate of drug-likeness (QED) is 0.689.